The fourth-order valence-corrected chi connectivity index (χ4v) is 3.33. The second-order valence-electron chi connectivity index (χ2n) is 6.72. The molecule has 7 nitrogen and oxygen atoms in total. The molecule has 0 saturated heterocycles. The molecule has 5 rings (SSSR count). The van der Waals surface area contributed by atoms with Crippen LogP contribution in [0, 0.1) is 5.82 Å². The molecule has 5 aromatic rings. The molecule has 0 spiro atoms. The second-order valence-corrected chi connectivity index (χ2v) is 6.72. The van der Waals surface area contributed by atoms with E-state index in [0.717, 1.165) is 5.69 Å². The van der Waals surface area contributed by atoms with E-state index in [4.69, 9.17) is 10.5 Å². The summed E-state index contributed by atoms with van der Waals surface area (Å²) < 4.78 is 22.5. The number of nitrogen functional groups attached to an aromatic ring is 1. The molecule has 0 saturated carbocycles. The number of rotatable bonds is 5. The van der Waals surface area contributed by atoms with Gasteiger partial charge in [-0.2, -0.15) is 5.10 Å². The van der Waals surface area contributed by atoms with Gasteiger partial charge < -0.3 is 15.5 Å². The molecular weight excluding hydrogens is 383 g/mol. The number of halogens is 1. The van der Waals surface area contributed by atoms with Gasteiger partial charge in [0.1, 0.15) is 35.2 Å². The molecule has 3 heterocycles. The van der Waals surface area contributed by atoms with Crippen molar-refractivity contribution >= 4 is 16.9 Å². The van der Waals surface area contributed by atoms with E-state index in [-0.39, 0.29) is 5.82 Å². The van der Waals surface area contributed by atoms with Crippen LogP contribution in [0.3, 0.4) is 0 Å². The maximum absolute atomic E-state index is 15.1. The van der Waals surface area contributed by atoms with Crippen molar-refractivity contribution in [1.29, 1.82) is 0 Å². The molecule has 3 aromatic heterocycles. The highest BCUT2D eigenvalue weighted by Gasteiger charge is 2.20. The highest BCUT2D eigenvalue weighted by Crippen LogP contribution is 2.34. The quantitative estimate of drug-likeness (QED) is 0.456. The number of hydrogen-bond acceptors (Lipinski definition) is 5. The zero-order chi connectivity index (χ0) is 20.5. The van der Waals surface area contributed by atoms with Crippen LogP contribution in [0.4, 0.5) is 10.2 Å². The van der Waals surface area contributed by atoms with Crippen LogP contribution in [0.2, 0.25) is 0 Å². The number of nitrogens with two attached hydrogens (primary N) is 1. The molecule has 0 atom stereocenters. The number of aromatic nitrogens is 5. The number of nitrogens with zero attached hydrogens (tertiary/aromatic N) is 4. The highest BCUT2D eigenvalue weighted by atomic mass is 19.1. The molecule has 30 heavy (non-hydrogen) atoms. The van der Waals surface area contributed by atoms with E-state index >= 15 is 4.39 Å². The lowest BCUT2D eigenvalue weighted by atomic mass is 10.1. The third-order valence-electron chi connectivity index (χ3n) is 4.72. The first-order chi connectivity index (χ1) is 14.7. The summed E-state index contributed by atoms with van der Waals surface area (Å²) in [6.07, 6.45) is 3.21. The minimum Gasteiger partial charge on any atom is -0.457 e. The third kappa shape index (κ3) is 3.24. The number of ether oxygens (including phenoxy) is 1. The first kappa shape index (κ1) is 17.9. The molecular formula is C22H17FN6O. The summed E-state index contributed by atoms with van der Waals surface area (Å²) in [5.41, 5.74) is 8.27. The lowest BCUT2D eigenvalue weighted by molar-refractivity contribution is 0.477. The van der Waals surface area contributed by atoms with Crippen LogP contribution in [-0.4, -0.2) is 24.7 Å². The van der Waals surface area contributed by atoms with E-state index in [0.29, 0.717) is 40.3 Å². The molecule has 0 aliphatic heterocycles. The smallest absolute Gasteiger partial charge is 0.164 e. The number of nitrogens with one attached hydrogen (secondary N) is 1. The van der Waals surface area contributed by atoms with E-state index in [2.05, 4.69) is 20.1 Å². The van der Waals surface area contributed by atoms with Crippen molar-refractivity contribution < 1.29 is 9.13 Å². The summed E-state index contributed by atoms with van der Waals surface area (Å²) in [7, 11) is 0. The van der Waals surface area contributed by atoms with Crippen LogP contribution in [0.1, 0.15) is 5.69 Å². The summed E-state index contributed by atoms with van der Waals surface area (Å²) in [6.45, 7) is 0.441. The molecule has 148 valence electrons. The zero-order valence-electron chi connectivity index (χ0n) is 15.8. The number of H-pyrrole nitrogens is 1. The zero-order valence-corrected chi connectivity index (χ0v) is 15.8. The van der Waals surface area contributed by atoms with Gasteiger partial charge in [-0.3, -0.25) is 0 Å². The molecule has 2 aromatic carbocycles. The SMILES string of the molecule is Nc1ncnc2c1c(-c1ccc(Oc3ccccc3)cc1F)nn2Cc1ccc[nH]1. The van der Waals surface area contributed by atoms with E-state index in [1.807, 2.05) is 36.5 Å². The van der Waals surface area contributed by atoms with Crippen LogP contribution in [0.5, 0.6) is 11.5 Å². The van der Waals surface area contributed by atoms with E-state index in [1.54, 1.807) is 28.9 Å². The van der Waals surface area contributed by atoms with Gasteiger partial charge in [-0.05, 0) is 36.4 Å². The molecule has 0 amide bonds. The van der Waals surface area contributed by atoms with E-state index in [1.165, 1.54) is 12.4 Å². The minimum atomic E-state index is -0.474. The number of aromatic amines is 1. The summed E-state index contributed by atoms with van der Waals surface area (Å²) in [5.74, 6) is 0.791. The van der Waals surface area contributed by atoms with Gasteiger partial charge in [0.05, 0.1) is 11.9 Å². The molecule has 8 heteroatoms. The predicted molar refractivity (Wildman–Crippen MR) is 112 cm³/mol. The maximum Gasteiger partial charge on any atom is 0.164 e. The first-order valence-corrected chi connectivity index (χ1v) is 9.31. The van der Waals surface area contributed by atoms with E-state index < -0.39 is 5.82 Å². The van der Waals surface area contributed by atoms with Crippen LogP contribution >= 0.6 is 0 Å². The number of fused-ring (bicyclic) bond motifs is 1. The van der Waals surface area contributed by atoms with Gasteiger partial charge in [-0.1, -0.05) is 18.2 Å². The molecule has 0 bridgehead atoms. The maximum atomic E-state index is 15.1. The Hall–Kier alpha value is -4.20. The van der Waals surface area contributed by atoms with Crippen LogP contribution in [0.25, 0.3) is 22.3 Å². The molecule has 3 N–H and O–H groups in total. The van der Waals surface area contributed by atoms with Crippen molar-refractivity contribution in [3.05, 3.63) is 84.7 Å². The van der Waals surface area contributed by atoms with Crippen molar-refractivity contribution in [2.75, 3.05) is 5.73 Å². The lowest BCUT2D eigenvalue weighted by Crippen LogP contribution is -2.03. The Morgan fingerprint density at radius 1 is 1.00 bits per heavy atom. The normalized spacial score (nSPS) is 11.1. The van der Waals surface area contributed by atoms with E-state index in [9.17, 15) is 0 Å². The standard InChI is InChI=1S/C22H17FN6O/c23-18-11-16(30-15-6-2-1-3-7-15)8-9-17(18)20-19-21(24)26-13-27-22(19)29(28-20)12-14-5-4-10-25-14/h1-11,13,25H,12H2,(H2,24,26,27). The number of anilines is 1. The van der Waals surface area contributed by atoms with Crippen molar-refractivity contribution in [3.8, 4) is 22.8 Å². The Labute approximate surface area is 171 Å². The molecule has 0 radical (unpaired) electrons. The lowest BCUT2D eigenvalue weighted by Gasteiger charge is -2.07. The van der Waals surface area contributed by atoms with Gasteiger partial charge >= 0.3 is 0 Å². The molecule has 0 aliphatic rings. The molecule has 0 aliphatic carbocycles. The average molecular weight is 400 g/mol. The topological polar surface area (TPSA) is 94.6 Å². The van der Waals surface area contributed by atoms with Crippen molar-refractivity contribution in [2.24, 2.45) is 0 Å². The van der Waals surface area contributed by atoms with Crippen LogP contribution in [0.15, 0.2) is 73.2 Å². The van der Waals surface area contributed by atoms with Gasteiger partial charge in [0.25, 0.3) is 0 Å². The Kier molecular flexibility index (Phi) is 4.36. The number of benzene rings is 2. The first-order valence-electron chi connectivity index (χ1n) is 9.31. The van der Waals surface area contributed by atoms with Gasteiger partial charge in [0.2, 0.25) is 0 Å². The Morgan fingerprint density at radius 3 is 2.63 bits per heavy atom. The molecule has 0 unspecified atom stereocenters. The summed E-state index contributed by atoms with van der Waals surface area (Å²) in [6, 6.07) is 17.7. The fraction of sp³-hybridized carbons (Fsp3) is 0.0455. The summed E-state index contributed by atoms with van der Waals surface area (Å²) in [5, 5.41) is 5.12. The van der Waals surface area contributed by atoms with Gasteiger partial charge in [-0.15, -0.1) is 0 Å². The van der Waals surface area contributed by atoms with Crippen molar-refractivity contribution in [3.63, 3.8) is 0 Å². The summed E-state index contributed by atoms with van der Waals surface area (Å²) in [4.78, 5) is 11.5. The minimum absolute atomic E-state index is 0.247. The number of para-hydroxylation sites is 1. The number of hydrogen-bond donors (Lipinski definition) is 2. The average Bonchev–Trinajstić information content (AvgIpc) is 3.38. The van der Waals surface area contributed by atoms with Crippen LogP contribution in [-0.2, 0) is 6.54 Å². The molecule has 0 fully saturated rings. The largest absolute Gasteiger partial charge is 0.457 e. The monoisotopic (exact) mass is 400 g/mol. The van der Waals surface area contributed by atoms with Gasteiger partial charge in [0, 0.05) is 23.5 Å². The third-order valence-corrected chi connectivity index (χ3v) is 4.72. The summed E-state index contributed by atoms with van der Waals surface area (Å²) >= 11 is 0. The predicted octanol–water partition coefficient (Wildman–Crippen LogP) is 4.38. The van der Waals surface area contributed by atoms with Crippen LogP contribution < -0.4 is 10.5 Å². The van der Waals surface area contributed by atoms with Crippen molar-refractivity contribution in [2.45, 2.75) is 6.54 Å². The van der Waals surface area contributed by atoms with Gasteiger partial charge in [-0.25, -0.2) is 19.0 Å². The Morgan fingerprint density at radius 2 is 1.87 bits per heavy atom. The van der Waals surface area contributed by atoms with Crippen molar-refractivity contribution in [1.82, 2.24) is 24.7 Å². The Balaban J connectivity index is 1.57. The van der Waals surface area contributed by atoms with Gasteiger partial charge in [0.15, 0.2) is 5.65 Å². The second kappa shape index (κ2) is 7.32. The fourth-order valence-electron chi connectivity index (χ4n) is 3.33. The Bertz CT molecular complexity index is 1310. The highest BCUT2D eigenvalue weighted by molar-refractivity contribution is 5.98.